The third-order valence-electron chi connectivity index (χ3n) is 3.32. The van der Waals surface area contributed by atoms with Gasteiger partial charge in [-0.1, -0.05) is 31.0 Å². The molecule has 0 aliphatic rings. The third kappa shape index (κ3) is 3.86. The lowest BCUT2D eigenvalue weighted by atomic mass is 10.1. The summed E-state index contributed by atoms with van der Waals surface area (Å²) in [5.74, 6) is 0.479. The maximum absolute atomic E-state index is 12.0. The number of amides is 2. The van der Waals surface area contributed by atoms with Crippen molar-refractivity contribution in [3.05, 3.63) is 55.3 Å². The fraction of sp³-hybridized carbons (Fsp3) is 0.0588. The number of aromatic nitrogens is 3. The minimum atomic E-state index is -0.424. The molecule has 1 aromatic carbocycles. The van der Waals surface area contributed by atoms with E-state index in [1.165, 1.54) is 4.31 Å². The number of carbonyl (C=O) groups is 1. The summed E-state index contributed by atoms with van der Waals surface area (Å²) in [4.78, 5) is 25.0. The van der Waals surface area contributed by atoms with Crippen molar-refractivity contribution in [1.29, 1.82) is 0 Å². The van der Waals surface area contributed by atoms with Crippen LogP contribution in [-0.2, 0) is 0 Å². The van der Waals surface area contributed by atoms with Gasteiger partial charge in [-0.05, 0) is 24.3 Å². The van der Waals surface area contributed by atoms with E-state index in [0.717, 1.165) is 5.56 Å². The molecule has 126 valence electrons. The number of nitrogens with zero attached hydrogens (tertiary/aromatic N) is 4. The minimum absolute atomic E-state index is 0.143. The van der Waals surface area contributed by atoms with Crippen molar-refractivity contribution in [3.63, 3.8) is 0 Å². The molecule has 0 aliphatic carbocycles. The molecule has 3 aromatic rings. The molecule has 0 saturated heterocycles. The van der Waals surface area contributed by atoms with Crippen molar-refractivity contribution in [2.45, 2.75) is 0 Å². The van der Waals surface area contributed by atoms with Crippen LogP contribution in [0, 0.1) is 0 Å². The number of anilines is 1. The number of aromatic hydroxyl groups is 1. The second kappa shape index (κ2) is 7.18. The van der Waals surface area contributed by atoms with Crippen molar-refractivity contribution >= 4 is 35.8 Å². The second-order valence-corrected chi connectivity index (χ2v) is 5.63. The standard InChI is InChI=1S/C17H15N5O2S/c1-2-8-22(25)17(24)21-15-7-6-13-16(20-15)19-14(10-18-13)11-4-3-5-12(23)9-11/h2-7,9-10,23,25H,1,8H2,(H,19,20,21,24). The van der Waals surface area contributed by atoms with E-state index < -0.39 is 6.03 Å². The Balaban J connectivity index is 1.91. The molecule has 2 aromatic heterocycles. The molecule has 0 saturated carbocycles. The van der Waals surface area contributed by atoms with Crippen LogP contribution < -0.4 is 5.32 Å². The molecule has 7 nitrogen and oxygen atoms in total. The van der Waals surface area contributed by atoms with Gasteiger partial charge >= 0.3 is 6.03 Å². The highest BCUT2D eigenvalue weighted by Crippen LogP contribution is 2.22. The van der Waals surface area contributed by atoms with Crippen LogP contribution in [0.2, 0.25) is 0 Å². The van der Waals surface area contributed by atoms with Gasteiger partial charge in [-0.15, -0.1) is 6.58 Å². The summed E-state index contributed by atoms with van der Waals surface area (Å²) in [5.41, 5.74) is 2.27. The average molecular weight is 353 g/mol. The number of nitrogens with one attached hydrogen (secondary N) is 1. The number of benzene rings is 1. The Hall–Kier alpha value is -3.13. The van der Waals surface area contributed by atoms with E-state index in [4.69, 9.17) is 0 Å². The second-order valence-electron chi connectivity index (χ2n) is 5.15. The smallest absolute Gasteiger partial charge is 0.333 e. The zero-order chi connectivity index (χ0) is 17.8. The molecular weight excluding hydrogens is 338 g/mol. The first kappa shape index (κ1) is 16.7. The van der Waals surface area contributed by atoms with E-state index in [-0.39, 0.29) is 5.75 Å². The Morgan fingerprint density at radius 1 is 1.32 bits per heavy atom. The molecule has 25 heavy (non-hydrogen) atoms. The van der Waals surface area contributed by atoms with E-state index in [9.17, 15) is 9.90 Å². The van der Waals surface area contributed by atoms with Gasteiger partial charge in [0.25, 0.3) is 0 Å². The molecule has 2 amide bonds. The number of hydrogen-bond acceptors (Lipinski definition) is 6. The highest BCUT2D eigenvalue weighted by atomic mass is 32.1. The van der Waals surface area contributed by atoms with Gasteiger partial charge in [-0.2, -0.15) is 0 Å². The maximum Gasteiger partial charge on any atom is 0.333 e. The Morgan fingerprint density at radius 2 is 2.16 bits per heavy atom. The van der Waals surface area contributed by atoms with Gasteiger partial charge in [-0.3, -0.25) is 14.6 Å². The number of rotatable bonds is 4. The molecular formula is C17H15N5O2S. The number of pyridine rings is 1. The lowest BCUT2D eigenvalue weighted by Crippen LogP contribution is -2.27. The van der Waals surface area contributed by atoms with Crippen molar-refractivity contribution in [3.8, 4) is 17.0 Å². The molecule has 0 fully saturated rings. The Bertz CT molecular complexity index is 947. The van der Waals surface area contributed by atoms with Gasteiger partial charge in [0, 0.05) is 5.56 Å². The number of urea groups is 1. The van der Waals surface area contributed by atoms with Crippen LogP contribution in [0.5, 0.6) is 5.75 Å². The summed E-state index contributed by atoms with van der Waals surface area (Å²) in [7, 11) is 0. The third-order valence-corrected chi connectivity index (χ3v) is 3.67. The van der Waals surface area contributed by atoms with E-state index in [2.05, 4.69) is 39.7 Å². The topological polar surface area (TPSA) is 91.2 Å². The zero-order valence-electron chi connectivity index (χ0n) is 13.1. The van der Waals surface area contributed by atoms with Crippen LogP contribution in [-0.4, -0.2) is 36.9 Å². The molecule has 0 radical (unpaired) electrons. The molecule has 2 N–H and O–H groups in total. The van der Waals surface area contributed by atoms with Crippen LogP contribution in [0.1, 0.15) is 0 Å². The quantitative estimate of drug-likeness (QED) is 0.495. The van der Waals surface area contributed by atoms with Crippen LogP contribution in [0.15, 0.2) is 55.3 Å². The highest BCUT2D eigenvalue weighted by molar-refractivity contribution is 7.78. The SMILES string of the molecule is C=CCN(S)C(=O)Nc1ccc2ncc(-c3cccc(O)c3)nc2n1. The summed E-state index contributed by atoms with van der Waals surface area (Å²) in [5, 5.41) is 12.2. The fourth-order valence-corrected chi connectivity index (χ4v) is 2.32. The van der Waals surface area contributed by atoms with Crippen molar-refractivity contribution in [1.82, 2.24) is 19.3 Å². The molecule has 0 bridgehead atoms. The number of hydrogen-bond donors (Lipinski definition) is 3. The Morgan fingerprint density at radius 3 is 2.92 bits per heavy atom. The first-order valence-corrected chi connectivity index (χ1v) is 7.78. The molecule has 3 rings (SSSR count). The summed E-state index contributed by atoms with van der Waals surface area (Å²) in [6, 6.07) is 9.64. The molecule has 2 heterocycles. The van der Waals surface area contributed by atoms with Gasteiger partial charge < -0.3 is 5.11 Å². The summed E-state index contributed by atoms with van der Waals surface area (Å²) in [6.45, 7) is 3.85. The van der Waals surface area contributed by atoms with Crippen molar-refractivity contribution < 1.29 is 9.90 Å². The van der Waals surface area contributed by atoms with Gasteiger partial charge in [0.2, 0.25) is 0 Å². The van der Waals surface area contributed by atoms with Gasteiger partial charge in [-0.25, -0.2) is 14.8 Å². The van der Waals surface area contributed by atoms with Crippen molar-refractivity contribution in [2.75, 3.05) is 11.9 Å². The normalized spacial score (nSPS) is 10.4. The molecule has 0 spiro atoms. The van der Waals surface area contributed by atoms with Crippen LogP contribution in [0.4, 0.5) is 10.6 Å². The van der Waals surface area contributed by atoms with E-state index in [0.29, 0.717) is 29.2 Å². The summed E-state index contributed by atoms with van der Waals surface area (Å²) in [6.07, 6.45) is 3.17. The summed E-state index contributed by atoms with van der Waals surface area (Å²) < 4.78 is 1.17. The lowest BCUT2D eigenvalue weighted by Gasteiger charge is -2.13. The maximum atomic E-state index is 12.0. The van der Waals surface area contributed by atoms with E-state index in [1.54, 1.807) is 42.6 Å². The predicted octanol–water partition coefficient (Wildman–Crippen LogP) is 3.26. The van der Waals surface area contributed by atoms with Gasteiger partial charge in [0.1, 0.15) is 17.1 Å². The monoisotopic (exact) mass is 353 g/mol. The molecule has 0 unspecified atom stereocenters. The minimum Gasteiger partial charge on any atom is -0.508 e. The highest BCUT2D eigenvalue weighted by Gasteiger charge is 2.10. The first-order valence-electron chi connectivity index (χ1n) is 7.38. The molecule has 8 heteroatoms. The number of phenols is 1. The Kier molecular flexibility index (Phi) is 4.80. The number of thiol groups is 1. The predicted molar refractivity (Wildman–Crippen MR) is 99.3 cm³/mol. The zero-order valence-corrected chi connectivity index (χ0v) is 14.0. The lowest BCUT2D eigenvalue weighted by molar-refractivity contribution is 0.241. The number of carbonyl (C=O) groups excluding carboxylic acids is 1. The number of fused-ring (bicyclic) bond motifs is 1. The fourth-order valence-electron chi connectivity index (χ4n) is 2.15. The van der Waals surface area contributed by atoms with Crippen LogP contribution in [0.25, 0.3) is 22.4 Å². The van der Waals surface area contributed by atoms with Crippen LogP contribution in [0.3, 0.4) is 0 Å². The first-order chi connectivity index (χ1) is 12.1. The Labute approximate surface area is 149 Å². The molecule has 0 atom stereocenters. The van der Waals surface area contributed by atoms with Crippen molar-refractivity contribution in [2.24, 2.45) is 0 Å². The van der Waals surface area contributed by atoms with E-state index in [1.807, 2.05) is 6.07 Å². The average Bonchev–Trinajstić information content (AvgIpc) is 2.61. The van der Waals surface area contributed by atoms with Gasteiger partial charge in [0.05, 0.1) is 18.4 Å². The van der Waals surface area contributed by atoms with Crippen LogP contribution >= 0.6 is 12.8 Å². The molecule has 0 aliphatic heterocycles. The summed E-state index contributed by atoms with van der Waals surface area (Å²) >= 11 is 4.05. The number of phenolic OH excluding ortho intramolecular Hbond substituents is 1. The van der Waals surface area contributed by atoms with E-state index >= 15 is 0 Å². The van der Waals surface area contributed by atoms with Gasteiger partial charge in [0.15, 0.2) is 5.65 Å². The largest absolute Gasteiger partial charge is 0.508 e.